The molecule has 2 bridgehead atoms. The van der Waals surface area contributed by atoms with Crippen LogP contribution in [-0.4, -0.2) is 30.3 Å². The van der Waals surface area contributed by atoms with Crippen LogP contribution in [0.25, 0.3) is 0 Å². The van der Waals surface area contributed by atoms with Crippen LogP contribution in [0.3, 0.4) is 0 Å². The summed E-state index contributed by atoms with van der Waals surface area (Å²) in [5, 5.41) is 3.05. The van der Waals surface area contributed by atoms with Crippen LogP contribution >= 0.6 is 27.5 Å². The minimum absolute atomic E-state index is 0.135. The first-order valence-corrected chi connectivity index (χ1v) is 13.9. The molecule has 3 aromatic rings. The predicted molar refractivity (Wildman–Crippen MR) is 149 cm³/mol. The van der Waals surface area contributed by atoms with Gasteiger partial charge in [-0.25, -0.2) is 4.79 Å². The van der Waals surface area contributed by atoms with Gasteiger partial charge in [-0.15, -0.1) is 0 Å². The number of benzene rings is 3. The fourth-order valence-corrected chi connectivity index (χ4v) is 6.98. The van der Waals surface area contributed by atoms with Crippen molar-refractivity contribution in [2.24, 2.45) is 23.7 Å². The summed E-state index contributed by atoms with van der Waals surface area (Å²) in [6.07, 6.45) is 1.80. The molecule has 0 unspecified atom stereocenters. The van der Waals surface area contributed by atoms with E-state index in [2.05, 4.69) is 33.4 Å². The SMILES string of the molecule is O=C(COC(=O)c1cccc(N2C(=O)[C@@H]3[C@@H]4C[C@@H]([C@H]3C2=O)[C@H](c2ccccc2)C4)c1)Nc1ccc(Br)c(Cl)c1. The van der Waals surface area contributed by atoms with Crippen molar-refractivity contribution < 1.29 is 23.9 Å². The Morgan fingerprint density at radius 3 is 2.49 bits per heavy atom. The highest BCUT2D eigenvalue weighted by atomic mass is 79.9. The van der Waals surface area contributed by atoms with Gasteiger partial charge >= 0.3 is 5.97 Å². The lowest BCUT2D eigenvalue weighted by Gasteiger charge is -2.28. The quantitative estimate of drug-likeness (QED) is 0.281. The second kappa shape index (κ2) is 10.2. The maximum Gasteiger partial charge on any atom is 0.338 e. The minimum atomic E-state index is -0.732. The molecule has 1 saturated heterocycles. The maximum absolute atomic E-state index is 13.6. The molecule has 1 N–H and O–H groups in total. The standard InChI is InChI=1S/C30H24BrClN2O5/c31-23-10-9-19(14-24(23)32)33-25(35)15-39-30(38)17-7-4-8-20(11-17)34-28(36)26-18-12-21(16-5-2-1-3-6-16)22(13-18)27(26)29(34)37/h1-11,14,18,21-22,26-27H,12-13,15H2,(H,33,35)/t18-,21-,22+,26+,27+/m0/s1. The van der Waals surface area contributed by atoms with Crippen LogP contribution < -0.4 is 10.2 Å². The highest BCUT2D eigenvalue weighted by molar-refractivity contribution is 9.10. The summed E-state index contributed by atoms with van der Waals surface area (Å²) < 4.78 is 5.88. The smallest absolute Gasteiger partial charge is 0.338 e. The van der Waals surface area contributed by atoms with E-state index in [1.807, 2.05) is 18.2 Å². The zero-order valence-corrected chi connectivity index (χ0v) is 23.0. The highest BCUT2D eigenvalue weighted by Crippen LogP contribution is 2.61. The van der Waals surface area contributed by atoms with Gasteiger partial charge < -0.3 is 10.1 Å². The van der Waals surface area contributed by atoms with Crippen LogP contribution in [0.2, 0.25) is 5.02 Å². The molecule has 9 heteroatoms. The second-order valence-electron chi connectivity index (χ2n) is 10.3. The number of fused-ring (bicyclic) bond motifs is 5. The average molecular weight is 608 g/mol. The molecule has 6 rings (SSSR count). The molecule has 3 aromatic carbocycles. The van der Waals surface area contributed by atoms with Gasteiger partial charge in [-0.05, 0) is 88.5 Å². The zero-order chi connectivity index (χ0) is 27.3. The summed E-state index contributed by atoms with van der Waals surface area (Å²) in [7, 11) is 0. The van der Waals surface area contributed by atoms with E-state index in [1.54, 1.807) is 30.3 Å². The number of halogens is 2. The summed E-state index contributed by atoms with van der Waals surface area (Å²) in [6.45, 7) is -0.507. The van der Waals surface area contributed by atoms with Crippen molar-refractivity contribution in [1.29, 1.82) is 0 Å². The number of amides is 3. The van der Waals surface area contributed by atoms with E-state index in [0.717, 1.165) is 12.8 Å². The number of carbonyl (C=O) groups excluding carboxylic acids is 4. The molecule has 198 valence electrons. The molecule has 1 heterocycles. The third kappa shape index (κ3) is 4.66. The third-order valence-electron chi connectivity index (χ3n) is 8.12. The van der Waals surface area contributed by atoms with Crippen LogP contribution in [0.15, 0.2) is 77.3 Å². The molecule has 0 radical (unpaired) electrons. The lowest BCUT2D eigenvalue weighted by molar-refractivity contribution is -0.123. The van der Waals surface area contributed by atoms with E-state index in [9.17, 15) is 19.2 Å². The Bertz CT molecular complexity index is 1500. The lowest BCUT2D eigenvalue weighted by Crippen LogP contribution is -2.33. The summed E-state index contributed by atoms with van der Waals surface area (Å²) in [5.41, 5.74) is 2.18. The first-order chi connectivity index (χ1) is 18.8. The maximum atomic E-state index is 13.6. The van der Waals surface area contributed by atoms with Crippen molar-refractivity contribution in [2.45, 2.75) is 18.8 Å². The monoisotopic (exact) mass is 606 g/mol. The number of imide groups is 1. The number of ether oxygens (including phenoxy) is 1. The number of nitrogens with zero attached hydrogens (tertiary/aromatic N) is 1. The van der Waals surface area contributed by atoms with E-state index in [4.69, 9.17) is 16.3 Å². The fraction of sp³-hybridized carbons (Fsp3) is 0.267. The highest BCUT2D eigenvalue weighted by Gasteiger charge is 2.64. The van der Waals surface area contributed by atoms with Crippen molar-refractivity contribution >= 4 is 62.6 Å². The molecule has 2 saturated carbocycles. The summed E-state index contributed by atoms with van der Waals surface area (Å²) in [4.78, 5) is 53.3. The Morgan fingerprint density at radius 1 is 0.949 bits per heavy atom. The van der Waals surface area contributed by atoms with Crippen molar-refractivity contribution in [3.05, 3.63) is 93.4 Å². The number of carbonyl (C=O) groups is 4. The van der Waals surface area contributed by atoms with Gasteiger partial charge in [-0.3, -0.25) is 19.3 Å². The van der Waals surface area contributed by atoms with Gasteiger partial charge in [0.2, 0.25) is 11.8 Å². The van der Waals surface area contributed by atoms with Gasteiger partial charge in [0, 0.05) is 10.2 Å². The molecular weight excluding hydrogens is 584 g/mol. The predicted octanol–water partition coefficient (Wildman–Crippen LogP) is 5.83. The molecular formula is C30H24BrClN2O5. The van der Waals surface area contributed by atoms with Gasteiger partial charge in [-0.2, -0.15) is 0 Å². The molecule has 3 aliphatic rings. The van der Waals surface area contributed by atoms with E-state index < -0.39 is 18.5 Å². The normalized spacial score (nSPS) is 25.1. The van der Waals surface area contributed by atoms with E-state index in [1.165, 1.54) is 22.6 Å². The zero-order valence-electron chi connectivity index (χ0n) is 20.7. The average Bonchev–Trinajstić information content (AvgIpc) is 3.61. The van der Waals surface area contributed by atoms with E-state index >= 15 is 0 Å². The molecule has 7 nitrogen and oxygen atoms in total. The largest absolute Gasteiger partial charge is 0.452 e. The van der Waals surface area contributed by atoms with Gasteiger partial charge in [0.15, 0.2) is 6.61 Å². The topological polar surface area (TPSA) is 92.8 Å². The first-order valence-electron chi connectivity index (χ1n) is 12.8. The Morgan fingerprint density at radius 2 is 1.72 bits per heavy atom. The molecule has 39 heavy (non-hydrogen) atoms. The molecule has 3 fully saturated rings. The van der Waals surface area contributed by atoms with Crippen LogP contribution in [-0.2, 0) is 19.1 Å². The molecule has 5 atom stereocenters. The van der Waals surface area contributed by atoms with Crippen molar-refractivity contribution in [3.8, 4) is 0 Å². The van der Waals surface area contributed by atoms with Crippen molar-refractivity contribution in [3.63, 3.8) is 0 Å². The number of esters is 1. The van der Waals surface area contributed by atoms with Crippen LogP contribution in [0, 0.1) is 23.7 Å². The van der Waals surface area contributed by atoms with Crippen LogP contribution in [0.4, 0.5) is 11.4 Å². The number of anilines is 2. The number of hydrogen-bond donors (Lipinski definition) is 1. The van der Waals surface area contributed by atoms with Crippen molar-refractivity contribution in [2.75, 3.05) is 16.8 Å². The Balaban J connectivity index is 1.13. The van der Waals surface area contributed by atoms with Crippen LogP contribution in [0.5, 0.6) is 0 Å². The van der Waals surface area contributed by atoms with Gasteiger partial charge in [-0.1, -0.05) is 48.0 Å². The number of rotatable bonds is 6. The second-order valence-corrected chi connectivity index (χ2v) is 11.5. The Kier molecular flexibility index (Phi) is 6.77. The molecule has 2 aliphatic carbocycles. The van der Waals surface area contributed by atoms with Crippen molar-refractivity contribution in [1.82, 2.24) is 0 Å². The number of hydrogen-bond acceptors (Lipinski definition) is 5. The van der Waals surface area contributed by atoms with E-state index in [-0.39, 0.29) is 47.0 Å². The van der Waals surface area contributed by atoms with Gasteiger partial charge in [0.05, 0.1) is 28.1 Å². The molecule has 0 aromatic heterocycles. The molecule has 0 spiro atoms. The van der Waals surface area contributed by atoms with E-state index in [0.29, 0.717) is 20.9 Å². The first kappa shape index (κ1) is 25.8. The summed E-state index contributed by atoms with van der Waals surface area (Å²) in [5.74, 6) is -1.71. The van der Waals surface area contributed by atoms with Gasteiger partial charge in [0.25, 0.3) is 5.91 Å². The lowest BCUT2D eigenvalue weighted by atomic mass is 9.73. The summed E-state index contributed by atoms with van der Waals surface area (Å²) >= 11 is 9.33. The molecule has 1 aliphatic heterocycles. The Labute approximate surface area is 238 Å². The Hall–Kier alpha value is -3.49. The number of nitrogens with one attached hydrogen (secondary N) is 1. The van der Waals surface area contributed by atoms with Gasteiger partial charge in [0.1, 0.15) is 0 Å². The van der Waals surface area contributed by atoms with Crippen LogP contribution in [0.1, 0.15) is 34.7 Å². The third-order valence-corrected chi connectivity index (χ3v) is 9.35. The summed E-state index contributed by atoms with van der Waals surface area (Å²) in [6, 6.07) is 21.4. The fourth-order valence-electron chi connectivity index (χ4n) is 6.55. The molecule has 3 amide bonds. The minimum Gasteiger partial charge on any atom is -0.452 e.